The molecule has 15 heavy (non-hydrogen) atoms. The van der Waals surface area contributed by atoms with Crippen LogP contribution in [-0.2, 0) is 0 Å². The molecule has 0 bridgehead atoms. The minimum absolute atomic E-state index is 0.204. The third-order valence-electron chi connectivity index (χ3n) is 2.66. The van der Waals surface area contributed by atoms with Crippen molar-refractivity contribution in [2.45, 2.75) is 31.1 Å². The fourth-order valence-electron chi connectivity index (χ4n) is 1.85. The minimum atomic E-state index is 0.204. The summed E-state index contributed by atoms with van der Waals surface area (Å²) in [7, 11) is 1.71. The second kappa shape index (κ2) is 5.04. The highest BCUT2D eigenvalue weighted by molar-refractivity contribution is 7.14. The van der Waals surface area contributed by atoms with Crippen molar-refractivity contribution in [1.82, 2.24) is 0 Å². The van der Waals surface area contributed by atoms with E-state index in [1.807, 2.05) is 6.07 Å². The first-order valence-corrected chi connectivity index (χ1v) is 6.54. The summed E-state index contributed by atoms with van der Waals surface area (Å²) in [5.74, 6) is 0. The predicted octanol–water partition coefficient (Wildman–Crippen LogP) is 4.32. The SMILES string of the molecule is COc1ccc(C2=CC(Cl)CCCC2)s1. The normalized spacial score (nSPS) is 22.0. The summed E-state index contributed by atoms with van der Waals surface area (Å²) in [6.45, 7) is 0. The fourth-order valence-corrected chi connectivity index (χ4v) is 3.03. The number of thiophene rings is 1. The van der Waals surface area contributed by atoms with Gasteiger partial charge in [-0.3, -0.25) is 0 Å². The van der Waals surface area contributed by atoms with Crippen molar-refractivity contribution in [2.24, 2.45) is 0 Å². The van der Waals surface area contributed by atoms with Crippen LogP contribution in [0.3, 0.4) is 0 Å². The van der Waals surface area contributed by atoms with Gasteiger partial charge >= 0.3 is 0 Å². The molecule has 1 aromatic rings. The lowest BCUT2D eigenvalue weighted by molar-refractivity contribution is 0.427. The van der Waals surface area contributed by atoms with Crippen molar-refractivity contribution in [3.8, 4) is 5.06 Å². The topological polar surface area (TPSA) is 9.23 Å². The largest absolute Gasteiger partial charge is 0.487 e. The number of hydrogen-bond donors (Lipinski definition) is 0. The van der Waals surface area contributed by atoms with Gasteiger partial charge in [-0.2, -0.15) is 0 Å². The monoisotopic (exact) mass is 242 g/mol. The maximum atomic E-state index is 6.20. The van der Waals surface area contributed by atoms with Gasteiger partial charge in [-0.25, -0.2) is 0 Å². The molecule has 0 saturated heterocycles. The summed E-state index contributed by atoms with van der Waals surface area (Å²) < 4.78 is 5.20. The number of methoxy groups -OCH3 is 1. The Balaban J connectivity index is 2.20. The van der Waals surface area contributed by atoms with E-state index in [1.54, 1.807) is 18.4 Å². The third kappa shape index (κ3) is 2.76. The second-order valence-corrected chi connectivity index (χ2v) is 5.38. The van der Waals surface area contributed by atoms with E-state index in [0.29, 0.717) is 0 Å². The molecular formula is C12H15ClOS. The number of alkyl halides is 1. The Morgan fingerprint density at radius 1 is 1.40 bits per heavy atom. The van der Waals surface area contributed by atoms with Crippen LogP contribution in [-0.4, -0.2) is 12.5 Å². The van der Waals surface area contributed by atoms with Crippen molar-refractivity contribution in [1.29, 1.82) is 0 Å². The van der Waals surface area contributed by atoms with Gasteiger partial charge in [0.2, 0.25) is 0 Å². The molecule has 2 rings (SSSR count). The van der Waals surface area contributed by atoms with Gasteiger partial charge in [0.25, 0.3) is 0 Å². The van der Waals surface area contributed by atoms with Gasteiger partial charge in [0.1, 0.15) is 0 Å². The molecule has 0 saturated carbocycles. The Hall–Kier alpha value is -0.470. The van der Waals surface area contributed by atoms with Gasteiger partial charge in [-0.05, 0) is 37.0 Å². The highest BCUT2D eigenvalue weighted by Crippen LogP contribution is 2.34. The van der Waals surface area contributed by atoms with E-state index in [4.69, 9.17) is 16.3 Å². The zero-order valence-electron chi connectivity index (χ0n) is 8.83. The molecule has 0 N–H and O–H groups in total. The molecule has 1 aromatic heterocycles. The smallest absolute Gasteiger partial charge is 0.173 e. The number of ether oxygens (including phenoxy) is 1. The summed E-state index contributed by atoms with van der Waals surface area (Å²) in [5, 5.41) is 1.18. The van der Waals surface area contributed by atoms with Crippen molar-refractivity contribution >= 4 is 28.5 Å². The summed E-state index contributed by atoms with van der Waals surface area (Å²) in [6, 6.07) is 4.15. The Bertz CT molecular complexity index is 356. The molecule has 1 aliphatic rings. The maximum Gasteiger partial charge on any atom is 0.173 e. The molecular weight excluding hydrogens is 228 g/mol. The van der Waals surface area contributed by atoms with Crippen LogP contribution < -0.4 is 4.74 Å². The molecule has 1 nitrogen and oxygen atoms in total. The first-order chi connectivity index (χ1) is 7.29. The van der Waals surface area contributed by atoms with E-state index in [2.05, 4.69) is 12.1 Å². The van der Waals surface area contributed by atoms with E-state index >= 15 is 0 Å². The van der Waals surface area contributed by atoms with Crippen molar-refractivity contribution < 1.29 is 4.74 Å². The van der Waals surface area contributed by atoms with Gasteiger partial charge < -0.3 is 4.74 Å². The molecule has 0 aromatic carbocycles. The van der Waals surface area contributed by atoms with E-state index in [0.717, 1.165) is 17.9 Å². The van der Waals surface area contributed by atoms with Crippen molar-refractivity contribution in [3.63, 3.8) is 0 Å². The van der Waals surface area contributed by atoms with Gasteiger partial charge in [0, 0.05) is 4.88 Å². The molecule has 3 heteroatoms. The third-order valence-corrected chi connectivity index (χ3v) is 4.12. The molecule has 1 aliphatic carbocycles. The second-order valence-electron chi connectivity index (χ2n) is 3.78. The maximum absolute atomic E-state index is 6.20. The molecule has 82 valence electrons. The lowest BCUT2D eigenvalue weighted by atomic mass is 10.1. The standard InChI is InChI=1S/C12H15ClOS/c1-14-12-7-6-11(15-12)9-4-2-3-5-10(13)8-9/h6-8,10H,2-5H2,1H3. The number of rotatable bonds is 2. The first kappa shape index (κ1) is 11.0. The summed E-state index contributed by atoms with van der Waals surface area (Å²) in [4.78, 5) is 1.31. The number of allylic oxidation sites excluding steroid dienone is 2. The predicted molar refractivity (Wildman–Crippen MR) is 67.0 cm³/mol. The average molecular weight is 243 g/mol. The van der Waals surface area contributed by atoms with Crippen molar-refractivity contribution in [3.05, 3.63) is 23.1 Å². The van der Waals surface area contributed by atoms with Gasteiger partial charge in [-0.15, -0.1) is 11.6 Å². The Morgan fingerprint density at radius 2 is 2.27 bits per heavy atom. The lowest BCUT2D eigenvalue weighted by Crippen LogP contribution is -1.90. The molecule has 1 heterocycles. The quantitative estimate of drug-likeness (QED) is 0.702. The molecule has 0 amide bonds. The van der Waals surface area contributed by atoms with E-state index in [9.17, 15) is 0 Å². The molecule has 0 fully saturated rings. The Labute approximate surface area is 99.7 Å². The lowest BCUT2D eigenvalue weighted by Gasteiger charge is -2.02. The van der Waals surface area contributed by atoms with Crippen LogP contribution in [0.25, 0.3) is 5.57 Å². The van der Waals surface area contributed by atoms with Crippen LogP contribution in [0.5, 0.6) is 5.06 Å². The van der Waals surface area contributed by atoms with Gasteiger partial charge in [0.15, 0.2) is 5.06 Å². The highest BCUT2D eigenvalue weighted by atomic mass is 35.5. The molecule has 0 radical (unpaired) electrons. The number of halogens is 1. The van der Waals surface area contributed by atoms with Crippen LogP contribution in [0.2, 0.25) is 0 Å². The van der Waals surface area contributed by atoms with Crippen LogP contribution in [0.4, 0.5) is 0 Å². The van der Waals surface area contributed by atoms with Crippen LogP contribution in [0.15, 0.2) is 18.2 Å². The van der Waals surface area contributed by atoms with Crippen molar-refractivity contribution in [2.75, 3.05) is 7.11 Å². The average Bonchev–Trinajstić information content (AvgIpc) is 2.61. The summed E-state index contributed by atoms with van der Waals surface area (Å²) in [5.41, 5.74) is 1.39. The van der Waals surface area contributed by atoms with Gasteiger partial charge in [0.05, 0.1) is 12.5 Å². The first-order valence-electron chi connectivity index (χ1n) is 5.28. The van der Waals surface area contributed by atoms with E-state index < -0.39 is 0 Å². The van der Waals surface area contributed by atoms with Crippen LogP contribution >= 0.6 is 22.9 Å². The van der Waals surface area contributed by atoms with Gasteiger partial charge in [-0.1, -0.05) is 23.8 Å². The van der Waals surface area contributed by atoms with E-state index in [1.165, 1.54) is 23.3 Å². The zero-order valence-corrected chi connectivity index (χ0v) is 10.4. The molecule has 0 aliphatic heterocycles. The summed E-state index contributed by atoms with van der Waals surface area (Å²) in [6.07, 6.45) is 6.94. The van der Waals surface area contributed by atoms with Crippen LogP contribution in [0, 0.1) is 0 Å². The van der Waals surface area contributed by atoms with E-state index in [-0.39, 0.29) is 5.38 Å². The summed E-state index contributed by atoms with van der Waals surface area (Å²) >= 11 is 7.90. The molecule has 1 atom stereocenters. The molecule has 1 unspecified atom stereocenters. The number of hydrogen-bond acceptors (Lipinski definition) is 2. The fraction of sp³-hybridized carbons (Fsp3) is 0.500. The highest BCUT2D eigenvalue weighted by Gasteiger charge is 2.12. The minimum Gasteiger partial charge on any atom is -0.487 e. The Morgan fingerprint density at radius 3 is 3.00 bits per heavy atom. The molecule has 0 spiro atoms. The Kier molecular flexibility index (Phi) is 3.71. The van der Waals surface area contributed by atoms with Crippen LogP contribution in [0.1, 0.15) is 30.6 Å². The zero-order chi connectivity index (χ0) is 10.7.